The number of nitrogens with two attached hydrogens (primary N) is 1. The Morgan fingerprint density at radius 1 is 1.38 bits per heavy atom. The van der Waals surface area contributed by atoms with E-state index in [1.807, 2.05) is 0 Å². The molecule has 0 unspecified atom stereocenters. The fraction of sp³-hybridized carbons (Fsp3) is 0.800. The van der Waals surface area contributed by atoms with Gasteiger partial charge in [-0.3, -0.25) is 4.79 Å². The Bertz CT molecular complexity index is 270. The van der Waals surface area contributed by atoms with Crippen molar-refractivity contribution in [3.8, 4) is 0 Å². The molecule has 0 aliphatic heterocycles. The first kappa shape index (κ1) is 12.8. The van der Waals surface area contributed by atoms with Crippen LogP contribution in [0.15, 0.2) is 0 Å². The number of carbonyl (C=O) groups excluding carboxylic acids is 1. The number of carboxylic acid groups (broad SMARTS) is 1. The van der Waals surface area contributed by atoms with E-state index in [2.05, 4.69) is 10.6 Å². The highest BCUT2D eigenvalue weighted by Gasteiger charge is 2.24. The molecule has 0 aromatic heterocycles. The van der Waals surface area contributed by atoms with Crippen molar-refractivity contribution < 1.29 is 14.7 Å². The van der Waals surface area contributed by atoms with Gasteiger partial charge in [-0.15, -0.1) is 0 Å². The normalized spacial score (nSPS) is 26.9. The van der Waals surface area contributed by atoms with Crippen LogP contribution in [0.2, 0.25) is 0 Å². The van der Waals surface area contributed by atoms with Crippen molar-refractivity contribution in [2.45, 2.75) is 50.7 Å². The highest BCUT2D eigenvalue weighted by Crippen LogP contribution is 2.16. The van der Waals surface area contributed by atoms with E-state index in [0.717, 1.165) is 25.7 Å². The quantitative estimate of drug-likeness (QED) is 0.548. The Hall–Kier alpha value is -1.30. The number of carbonyl (C=O) groups is 2. The molecule has 3 atom stereocenters. The van der Waals surface area contributed by atoms with Gasteiger partial charge in [-0.25, -0.2) is 4.79 Å². The second-order valence-electron chi connectivity index (χ2n) is 4.23. The molecule has 92 valence electrons. The van der Waals surface area contributed by atoms with Gasteiger partial charge in [0.15, 0.2) is 0 Å². The van der Waals surface area contributed by atoms with Crippen LogP contribution in [0.4, 0.5) is 4.79 Å². The summed E-state index contributed by atoms with van der Waals surface area (Å²) in [6, 6.07) is -1.42. The average Bonchev–Trinajstić information content (AvgIpc) is 2.21. The molecule has 6 nitrogen and oxygen atoms in total. The largest absolute Gasteiger partial charge is 0.480 e. The minimum atomic E-state index is -1.05. The van der Waals surface area contributed by atoms with Gasteiger partial charge in [-0.05, 0) is 19.8 Å². The highest BCUT2D eigenvalue weighted by molar-refractivity contribution is 5.82. The van der Waals surface area contributed by atoms with E-state index in [1.165, 1.54) is 6.92 Å². The Labute approximate surface area is 94.6 Å². The maximum atomic E-state index is 11.4. The predicted molar refractivity (Wildman–Crippen MR) is 59.0 cm³/mol. The number of aliphatic carboxylic acids is 1. The standard InChI is InChI=1S/C10H19N3O3/c1-6(9(14)15)12-10(16)13-8-5-3-2-4-7(8)11/h6-8H,2-5,11H2,1H3,(H,14,15)(H2,12,13,16)/t6-,7+,8+/m0/s1. The van der Waals surface area contributed by atoms with Crippen LogP contribution < -0.4 is 16.4 Å². The average molecular weight is 229 g/mol. The molecule has 1 aliphatic carbocycles. The minimum absolute atomic E-state index is 0.0281. The monoisotopic (exact) mass is 229 g/mol. The van der Waals surface area contributed by atoms with Gasteiger partial charge in [-0.1, -0.05) is 12.8 Å². The molecule has 0 spiro atoms. The van der Waals surface area contributed by atoms with E-state index >= 15 is 0 Å². The number of rotatable bonds is 3. The third-order valence-corrected chi connectivity index (χ3v) is 2.85. The molecule has 0 aromatic rings. The zero-order chi connectivity index (χ0) is 12.1. The van der Waals surface area contributed by atoms with Gasteiger partial charge in [0, 0.05) is 12.1 Å². The molecular weight excluding hydrogens is 210 g/mol. The molecule has 6 heteroatoms. The van der Waals surface area contributed by atoms with Crippen molar-refractivity contribution >= 4 is 12.0 Å². The lowest BCUT2D eigenvalue weighted by Gasteiger charge is -2.29. The lowest BCUT2D eigenvalue weighted by Crippen LogP contribution is -2.54. The summed E-state index contributed by atoms with van der Waals surface area (Å²) in [5.41, 5.74) is 5.86. The smallest absolute Gasteiger partial charge is 0.325 e. The molecular formula is C10H19N3O3. The lowest BCUT2D eigenvalue weighted by atomic mass is 9.91. The Morgan fingerprint density at radius 3 is 2.56 bits per heavy atom. The summed E-state index contributed by atoms with van der Waals surface area (Å²) in [5, 5.41) is 13.7. The van der Waals surface area contributed by atoms with E-state index in [4.69, 9.17) is 10.8 Å². The van der Waals surface area contributed by atoms with Crippen LogP contribution in [0.25, 0.3) is 0 Å². The van der Waals surface area contributed by atoms with E-state index in [9.17, 15) is 9.59 Å². The summed E-state index contributed by atoms with van der Waals surface area (Å²) in [6.45, 7) is 1.42. The van der Waals surface area contributed by atoms with Crippen LogP contribution in [-0.2, 0) is 4.79 Å². The molecule has 1 aliphatic rings. The molecule has 1 saturated carbocycles. The second-order valence-corrected chi connectivity index (χ2v) is 4.23. The minimum Gasteiger partial charge on any atom is -0.480 e. The number of carboxylic acids is 1. The van der Waals surface area contributed by atoms with Crippen LogP contribution in [0.1, 0.15) is 32.6 Å². The molecule has 0 heterocycles. The second kappa shape index (κ2) is 5.69. The summed E-state index contributed by atoms with van der Waals surface area (Å²) in [7, 11) is 0. The Kier molecular flexibility index (Phi) is 4.54. The van der Waals surface area contributed by atoms with Gasteiger partial charge in [0.25, 0.3) is 0 Å². The fourth-order valence-electron chi connectivity index (χ4n) is 1.81. The van der Waals surface area contributed by atoms with Crippen LogP contribution in [-0.4, -0.2) is 35.2 Å². The molecule has 1 fully saturated rings. The van der Waals surface area contributed by atoms with Crippen molar-refractivity contribution in [2.24, 2.45) is 5.73 Å². The van der Waals surface area contributed by atoms with Crippen molar-refractivity contribution in [3.05, 3.63) is 0 Å². The molecule has 0 saturated heterocycles. The summed E-state index contributed by atoms with van der Waals surface area (Å²) >= 11 is 0. The third kappa shape index (κ3) is 3.69. The van der Waals surface area contributed by atoms with Crippen molar-refractivity contribution in [2.75, 3.05) is 0 Å². The predicted octanol–water partition coefficient (Wildman–Crippen LogP) is 0.0286. The zero-order valence-corrected chi connectivity index (χ0v) is 9.40. The highest BCUT2D eigenvalue weighted by atomic mass is 16.4. The van der Waals surface area contributed by atoms with Crippen molar-refractivity contribution in [3.63, 3.8) is 0 Å². The maximum Gasteiger partial charge on any atom is 0.325 e. The SMILES string of the molecule is C[C@H](NC(=O)N[C@@H]1CCCC[C@H]1N)C(=O)O. The number of hydrogen-bond donors (Lipinski definition) is 4. The molecule has 16 heavy (non-hydrogen) atoms. The first-order chi connectivity index (χ1) is 7.50. The summed E-state index contributed by atoms with van der Waals surface area (Å²) in [5.74, 6) is -1.05. The topological polar surface area (TPSA) is 104 Å². The van der Waals surface area contributed by atoms with Crippen LogP contribution >= 0.6 is 0 Å². The van der Waals surface area contributed by atoms with Crippen LogP contribution in [0.5, 0.6) is 0 Å². The van der Waals surface area contributed by atoms with Crippen LogP contribution in [0, 0.1) is 0 Å². The first-order valence-corrected chi connectivity index (χ1v) is 5.56. The Balaban J connectivity index is 2.35. The number of nitrogens with one attached hydrogen (secondary N) is 2. The summed E-state index contributed by atoms with van der Waals surface area (Å²) in [6.07, 6.45) is 3.90. The zero-order valence-electron chi connectivity index (χ0n) is 9.40. The van der Waals surface area contributed by atoms with E-state index in [0.29, 0.717) is 0 Å². The van der Waals surface area contributed by atoms with Gasteiger partial charge >= 0.3 is 12.0 Å². The van der Waals surface area contributed by atoms with Crippen LogP contribution in [0.3, 0.4) is 0 Å². The van der Waals surface area contributed by atoms with Gasteiger partial charge in [-0.2, -0.15) is 0 Å². The molecule has 0 bridgehead atoms. The first-order valence-electron chi connectivity index (χ1n) is 5.56. The third-order valence-electron chi connectivity index (χ3n) is 2.85. The molecule has 1 rings (SSSR count). The summed E-state index contributed by atoms with van der Waals surface area (Å²) in [4.78, 5) is 22.0. The molecule has 5 N–H and O–H groups in total. The molecule has 2 amide bonds. The van der Waals surface area contributed by atoms with E-state index in [-0.39, 0.29) is 12.1 Å². The Morgan fingerprint density at radius 2 is 2.00 bits per heavy atom. The lowest BCUT2D eigenvalue weighted by molar-refractivity contribution is -0.138. The van der Waals surface area contributed by atoms with Gasteiger partial charge in [0.2, 0.25) is 0 Å². The van der Waals surface area contributed by atoms with Gasteiger partial charge in [0.05, 0.1) is 0 Å². The maximum absolute atomic E-state index is 11.4. The summed E-state index contributed by atoms with van der Waals surface area (Å²) < 4.78 is 0. The number of urea groups is 1. The number of amides is 2. The molecule has 0 aromatic carbocycles. The van der Waals surface area contributed by atoms with Crippen molar-refractivity contribution in [1.82, 2.24) is 10.6 Å². The van der Waals surface area contributed by atoms with Crippen molar-refractivity contribution in [1.29, 1.82) is 0 Å². The van der Waals surface area contributed by atoms with E-state index < -0.39 is 18.0 Å². The number of hydrogen-bond acceptors (Lipinski definition) is 3. The van der Waals surface area contributed by atoms with E-state index in [1.54, 1.807) is 0 Å². The van der Waals surface area contributed by atoms with Gasteiger partial charge < -0.3 is 21.5 Å². The van der Waals surface area contributed by atoms with Gasteiger partial charge in [0.1, 0.15) is 6.04 Å². The fourth-order valence-corrected chi connectivity index (χ4v) is 1.81. The molecule has 0 radical (unpaired) electrons.